The van der Waals surface area contributed by atoms with E-state index in [1.54, 1.807) is 68.7 Å². The first kappa shape index (κ1) is 52.2. The Hall–Kier alpha value is -3.16. The van der Waals surface area contributed by atoms with Crippen molar-refractivity contribution in [1.82, 2.24) is 39.9 Å². The van der Waals surface area contributed by atoms with Gasteiger partial charge in [0.25, 0.3) is 0 Å². The molecule has 0 saturated carbocycles. The van der Waals surface area contributed by atoms with E-state index in [0.717, 1.165) is 90.5 Å². The van der Waals surface area contributed by atoms with Crippen LogP contribution in [0.5, 0.6) is 0 Å². The molecule has 6 N–H and O–H groups in total. The fraction of sp³-hybridized carbons (Fsp3) is 0.396. The Labute approximate surface area is 439 Å². The molecule has 0 aliphatic heterocycles. The summed E-state index contributed by atoms with van der Waals surface area (Å²) in [6.07, 6.45) is 28.2. The van der Waals surface area contributed by atoms with Gasteiger partial charge in [0.2, 0.25) is 0 Å². The van der Waals surface area contributed by atoms with Crippen LogP contribution in [0.15, 0.2) is 89.6 Å². The van der Waals surface area contributed by atoms with Gasteiger partial charge in [-0.15, -0.1) is 57.8 Å². The standard InChI is InChI=1S/C12H14N2OS.C12H12N2OS.C12H14N2S2.C12H14N2S.B.ClH.Na.H/c2*15-12-8(5-9-6-13-7-14-9)1-2-11-10(12)3-4-16-11;15-12-13-7-10(14-12)6-8-1-2-11-9(5-8)3-4-16-11;1-2-12-10(3-4-15-12)5-9(1)6-11-7-13-8-14-11;;;;/h3-4,6-8,12,15H,1-2,5H2,(H,13,14);3-4,6-8H,1-2,5H2,(H,13,14);3-4,7-8H,1-2,5-6H2,(H2,13,14,15);3-4,7-9H,1-2,5-6H2,(H,13,14);;1H;;/q;;;;;;+1;-1. The van der Waals surface area contributed by atoms with Gasteiger partial charge in [0.05, 0.1) is 25.1 Å². The molecule has 0 saturated heterocycles. The number of rotatable bonds is 8. The minimum absolute atomic E-state index is 0. The number of aliphatic hydroxyl groups excluding tert-OH is 1. The fourth-order valence-corrected chi connectivity index (χ4v) is 13.5. The maximum Gasteiger partial charge on any atom is 1.00 e. The van der Waals surface area contributed by atoms with Gasteiger partial charge in [0.15, 0.2) is 10.6 Å². The zero-order valence-electron chi connectivity index (χ0n) is 38.2. The molecule has 10 nitrogen and oxygen atoms in total. The van der Waals surface area contributed by atoms with Gasteiger partial charge < -0.3 is 31.5 Å². The van der Waals surface area contributed by atoms with Gasteiger partial charge in [-0.25, -0.2) is 15.0 Å². The van der Waals surface area contributed by atoms with Crippen LogP contribution in [-0.4, -0.2) is 59.2 Å². The van der Waals surface area contributed by atoms with Crippen LogP contribution in [0.2, 0.25) is 0 Å². The molecule has 0 spiro atoms. The van der Waals surface area contributed by atoms with Crippen molar-refractivity contribution >= 4 is 84.2 Å². The number of fused-ring (bicyclic) bond motifs is 4. The molecule has 12 rings (SSSR count). The third-order valence-electron chi connectivity index (χ3n) is 12.9. The number of Topliss-reactive ketones (excluding diaryl/α,β-unsaturated/α-hetero) is 1. The molecular weight excluding hydrogens is 950 g/mol. The van der Waals surface area contributed by atoms with Gasteiger partial charge in [-0.05, 0) is 182 Å². The first-order valence-corrected chi connectivity index (χ1v) is 26.0. The van der Waals surface area contributed by atoms with Crippen molar-refractivity contribution in [3.8, 4) is 0 Å². The first-order valence-electron chi connectivity index (χ1n) is 22.1. The Morgan fingerprint density at radius 2 is 1.15 bits per heavy atom. The van der Waals surface area contributed by atoms with E-state index in [1.165, 1.54) is 59.7 Å². The van der Waals surface area contributed by atoms with Crippen LogP contribution in [0, 0.1) is 28.4 Å². The molecule has 0 bridgehead atoms. The monoisotopic (exact) mass is 1010 g/mol. The maximum absolute atomic E-state index is 12.2. The number of aromatic nitrogens is 8. The third-order valence-corrected chi connectivity index (χ3v) is 17.2. The van der Waals surface area contributed by atoms with Crippen LogP contribution in [-0.2, 0) is 64.2 Å². The number of H-pyrrole nitrogens is 5. The van der Waals surface area contributed by atoms with Gasteiger partial charge in [0.1, 0.15) is 0 Å². The smallest absolute Gasteiger partial charge is 1.00 e. The molecule has 5 unspecified atom stereocenters. The Bertz CT molecular complexity index is 2690. The van der Waals surface area contributed by atoms with E-state index < -0.39 is 0 Å². The van der Waals surface area contributed by atoms with E-state index in [-0.39, 0.29) is 63.8 Å². The second kappa shape index (κ2) is 25.5. The molecule has 3 radical (unpaired) electrons. The van der Waals surface area contributed by atoms with Crippen molar-refractivity contribution in [2.24, 2.45) is 23.7 Å². The normalized spacial score (nSPS) is 20.0. The summed E-state index contributed by atoms with van der Waals surface area (Å²) in [5, 5.41) is 18.8. The molecule has 5 atom stereocenters. The second-order valence-electron chi connectivity index (χ2n) is 17.2. The number of ketones is 1. The van der Waals surface area contributed by atoms with Crippen LogP contribution in [0.25, 0.3) is 0 Å². The summed E-state index contributed by atoms with van der Waals surface area (Å²) in [5.74, 6) is 2.32. The van der Waals surface area contributed by atoms with Crippen LogP contribution in [0.3, 0.4) is 0 Å². The number of hydrogen-bond donors (Lipinski definition) is 6. The number of thiophene rings is 4. The molecule has 0 fully saturated rings. The average Bonchev–Trinajstić information content (AvgIpc) is 4.15. The predicted octanol–water partition coefficient (Wildman–Crippen LogP) is 8.23. The van der Waals surface area contributed by atoms with Crippen molar-refractivity contribution in [2.45, 2.75) is 96.0 Å². The number of nitrogens with zero attached hydrogens (tertiary/aromatic N) is 3. The number of halogens is 1. The minimum Gasteiger partial charge on any atom is -1.00 e. The van der Waals surface area contributed by atoms with Gasteiger partial charge >= 0.3 is 29.6 Å². The van der Waals surface area contributed by atoms with Crippen molar-refractivity contribution < 1.29 is 40.9 Å². The van der Waals surface area contributed by atoms with Crippen molar-refractivity contribution in [3.05, 3.63) is 159 Å². The average molecular weight is 1010 g/mol. The zero-order valence-corrected chi connectivity index (χ0v) is 44.1. The molecule has 8 aromatic heterocycles. The van der Waals surface area contributed by atoms with Crippen LogP contribution >= 0.6 is 70.0 Å². The summed E-state index contributed by atoms with van der Waals surface area (Å²) < 4.78 is 0.738. The van der Waals surface area contributed by atoms with Crippen LogP contribution in [0.4, 0.5) is 0 Å². The number of carbonyl (C=O) groups excluding carboxylic acids is 1. The molecule has 66 heavy (non-hydrogen) atoms. The van der Waals surface area contributed by atoms with Crippen molar-refractivity contribution in [3.63, 3.8) is 0 Å². The molecule has 8 heterocycles. The summed E-state index contributed by atoms with van der Waals surface area (Å²) in [6, 6.07) is 8.59. The van der Waals surface area contributed by atoms with E-state index in [2.05, 4.69) is 74.2 Å². The molecule has 0 amide bonds. The number of aryl methyl sites for hydroxylation is 4. The summed E-state index contributed by atoms with van der Waals surface area (Å²) in [4.78, 5) is 45.6. The first-order chi connectivity index (χ1) is 30.9. The predicted molar refractivity (Wildman–Crippen MR) is 272 cm³/mol. The number of nitrogens with one attached hydrogen (secondary N) is 5. The Morgan fingerprint density at radius 3 is 1.74 bits per heavy atom. The molecule has 0 aromatic carbocycles. The quantitative estimate of drug-likeness (QED) is 0.0667. The summed E-state index contributed by atoms with van der Waals surface area (Å²) in [6.45, 7) is 0. The molecule has 8 aromatic rings. The SMILES string of the molecule is Cl.O=C1c2ccsc2CCC1Cc1cnc[nH]1.OC1c2ccsc2CCC1Cc1cnc[nH]1.S=c1[nH]cc(CC2CCc3sccc3C2)[nH]1.[B].[H-].[Na+].c1ncc(CC2CCc3sccc3C2)[nH]1. The topological polar surface area (TPSA) is 155 Å². The van der Waals surface area contributed by atoms with Gasteiger partial charge in [-0.1, -0.05) is 0 Å². The Balaban J connectivity index is 0.000000164. The number of carbonyl (C=O) groups is 1. The molecule has 18 heteroatoms. The van der Waals surface area contributed by atoms with E-state index in [4.69, 9.17) is 12.2 Å². The summed E-state index contributed by atoms with van der Waals surface area (Å²) in [5.41, 5.74) is 9.92. The Kier molecular flexibility index (Phi) is 20.1. The van der Waals surface area contributed by atoms with Crippen LogP contribution < -0.4 is 29.6 Å². The van der Waals surface area contributed by atoms with Crippen LogP contribution in [0.1, 0.15) is 103 Å². The number of imidazole rings is 4. The maximum atomic E-state index is 12.2. The third kappa shape index (κ3) is 13.5. The van der Waals surface area contributed by atoms with Crippen molar-refractivity contribution in [2.75, 3.05) is 0 Å². The number of aliphatic hydroxyl groups is 1. The Morgan fingerprint density at radius 1 is 0.636 bits per heavy atom. The molecule has 4 aliphatic rings. The van der Waals surface area contributed by atoms with Crippen molar-refractivity contribution in [1.29, 1.82) is 0 Å². The number of hydrogen-bond acceptors (Lipinski definition) is 10. The summed E-state index contributed by atoms with van der Waals surface area (Å²) >= 11 is 12.3. The van der Waals surface area contributed by atoms with Gasteiger partial charge in [-0.3, -0.25) is 4.79 Å². The van der Waals surface area contributed by atoms with Gasteiger partial charge in [-0.2, -0.15) is 0 Å². The van der Waals surface area contributed by atoms with E-state index in [9.17, 15) is 9.90 Å². The zero-order chi connectivity index (χ0) is 43.0. The molecule has 341 valence electrons. The summed E-state index contributed by atoms with van der Waals surface area (Å²) in [7, 11) is 0. The minimum atomic E-state index is -0.307. The molecular formula is C48H56BClN8NaO2S5. The van der Waals surface area contributed by atoms with E-state index >= 15 is 0 Å². The fourth-order valence-electron chi connectivity index (χ4n) is 9.59. The number of aromatic amines is 5. The van der Waals surface area contributed by atoms with E-state index in [1.807, 2.05) is 52.7 Å². The van der Waals surface area contributed by atoms with E-state index in [0.29, 0.717) is 11.7 Å². The molecule has 4 aliphatic carbocycles. The second-order valence-corrected chi connectivity index (χ2v) is 21.6. The van der Waals surface area contributed by atoms with Gasteiger partial charge in [0, 0.05) is 87.0 Å². The largest absolute Gasteiger partial charge is 1.00 e.